The molecule has 0 N–H and O–H groups in total. The van der Waals surface area contributed by atoms with Crippen LogP contribution >= 0.6 is 11.6 Å². The minimum atomic E-state index is -0.0639. The number of hydrogen-bond acceptors (Lipinski definition) is 2. The zero-order valence-electron chi connectivity index (χ0n) is 7.21. The van der Waals surface area contributed by atoms with Gasteiger partial charge in [0.25, 0.3) is 0 Å². The summed E-state index contributed by atoms with van der Waals surface area (Å²) in [5, 5.41) is 0.512. The molecule has 13 heavy (non-hydrogen) atoms. The molecule has 3 heteroatoms. The van der Waals surface area contributed by atoms with Gasteiger partial charge < -0.3 is 4.74 Å². The molecule has 0 aromatic heterocycles. The number of hydrogen-bond donors (Lipinski definition) is 0. The van der Waals surface area contributed by atoms with E-state index >= 15 is 0 Å². The Balaban J connectivity index is 2.55. The Labute approximate surface area is 81.5 Å². The topological polar surface area (TPSA) is 26.3 Å². The molecule has 0 aliphatic carbocycles. The predicted molar refractivity (Wildman–Crippen MR) is 50.4 cm³/mol. The van der Waals surface area contributed by atoms with E-state index in [1.165, 1.54) is 0 Å². The van der Waals surface area contributed by atoms with E-state index in [0.717, 1.165) is 0 Å². The van der Waals surface area contributed by atoms with Crippen LogP contribution in [-0.2, 0) is 0 Å². The first-order valence-corrected chi connectivity index (χ1v) is 4.53. The zero-order valence-corrected chi connectivity index (χ0v) is 7.97. The largest absolute Gasteiger partial charge is 0.491 e. The van der Waals surface area contributed by atoms with Gasteiger partial charge in [-0.1, -0.05) is 24.6 Å². The first kappa shape index (κ1) is 8.57. The van der Waals surface area contributed by atoms with Gasteiger partial charge in [-0.2, -0.15) is 0 Å². The first-order valence-electron chi connectivity index (χ1n) is 4.15. The number of halogens is 1. The van der Waals surface area contributed by atoms with E-state index in [9.17, 15) is 4.79 Å². The normalized spacial score (nSPS) is 20.8. The summed E-state index contributed by atoms with van der Waals surface area (Å²) < 4.78 is 5.38. The van der Waals surface area contributed by atoms with Gasteiger partial charge >= 0.3 is 0 Å². The van der Waals surface area contributed by atoms with Gasteiger partial charge in [-0.05, 0) is 12.1 Å². The van der Waals surface area contributed by atoms with Crippen LogP contribution in [0.25, 0.3) is 0 Å². The SMILES string of the molecule is C[C@@H]1COc2c(Cl)cccc2C1=O. The van der Waals surface area contributed by atoms with Gasteiger partial charge in [0, 0.05) is 0 Å². The lowest BCUT2D eigenvalue weighted by molar-refractivity contribution is 0.0849. The maximum atomic E-state index is 11.6. The molecule has 0 saturated carbocycles. The summed E-state index contributed by atoms with van der Waals surface area (Å²) in [6, 6.07) is 5.24. The fourth-order valence-electron chi connectivity index (χ4n) is 1.40. The third kappa shape index (κ3) is 1.31. The molecule has 0 saturated heterocycles. The second-order valence-electron chi connectivity index (χ2n) is 3.19. The third-order valence-corrected chi connectivity index (χ3v) is 2.46. The number of fused-ring (bicyclic) bond motifs is 1. The van der Waals surface area contributed by atoms with Gasteiger partial charge in [0.2, 0.25) is 0 Å². The van der Waals surface area contributed by atoms with Crippen LogP contribution in [0.1, 0.15) is 17.3 Å². The minimum Gasteiger partial charge on any atom is -0.491 e. The number of carbonyl (C=O) groups excluding carboxylic acids is 1. The van der Waals surface area contributed by atoms with E-state index in [1.807, 2.05) is 6.92 Å². The van der Waals surface area contributed by atoms with Gasteiger partial charge in [-0.15, -0.1) is 0 Å². The van der Waals surface area contributed by atoms with Crippen molar-refractivity contribution in [3.63, 3.8) is 0 Å². The molecule has 1 aliphatic rings. The van der Waals surface area contributed by atoms with E-state index < -0.39 is 0 Å². The van der Waals surface area contributed by atoms with E-state index in [-0.39, 0.29) is 11.7 Å². The van der Waals surface area contributed by atoms with Crippen molar-refractivity contribution in [3.05, 3.63) is 28.8 Å². The van der Waals surface area contributed by atoms with Crippen molar-refractivity contribution in [1.29, 1.82) is 0 Å². The summed E-state index contributed by atoms with van der Waals surface area (Å²) in [4.78, 5) is 11.6. The number of Topliss-reactive ketones (excluding diaryl/α,β-unsaturated/α-hetero) is 1. The van der Waals surface area contributed by atoms with Crippen LogP contribution in [0.4, 0.5) is 0 Å². The summed E-state index contributed by atoms with van der Waals surface area (Å²) in [6.07, 6.45) is 0. The lowest BCUT2D eigenvalue weighted by Crippen LogP contribution is -2.25. The van der Waals surface area contributed by atoms with Gasteiger partial charge in [0.05, 0.1) is 23.1 Å². The number of rotatable bonds is 0. The number of benzene rings is 1. The van der Waals surface area contributed by atoms with Crippen LogP contribution in [0.15, 0.2) is 18.2 Å². The summed E-state index contributed by atoms with van der Waals surface area (Å²) in [5.41, 5.74) is 0.603. The maximum Gasteiger partial charge on any atom is 0.172 e. The highest BCUT2D eigenvalue weighted by Gasteiger charge is 2.26. The molecule has 0 amide bonds. The summed E-state index contributed by atoms with van der Waals surface area (Å²) in [7, 11) is 0. The van der Waals surface area contributed by atoms with Crippen LogP contribution in [0, 0.1) is 5.92 Å². The van der Waals surface area contributed by atoms with Gasteiger partial charge in [0.1, 0.15) is 5.75 Å². The van der Waals surface area contributed by atoms with Crippen LogP contribution in [-0.4, -0.2) is 12.4 Å². The van der Waals surface area contributed by atoms with E-state index in [2.05, 4.69) is 0 Å². The average Bonchev–Trinajstić information content (AvgIpc) is 2.12. The number of ether oxygens (including phenoxy) is 1. The van der Waals surface area contributed by atoms with Crippen molar-refractivity contribution in [1.82, 2.24) is 0 Å². The van der Waals surface area contributed by atoms with Gasteiger partial charge in [-0.25, -0.2) is 0 Å². The highest BCUT2D eigenvalue weighted by atomic mass is 35.5. The fourth-order valence-corrected chi connectivity index (χ4v) is 1.63. The van der Waals surface area contributed by atoms with Crippen molar-refractivity contribution < 1.29 is 9.53 Å². The number of carbonyl (C=O) groups is 1. The zero-order chi connectivity index (χ0) is 9.42. The number of ketones is 1. The average molecular weight is 197 g/mol. The molecule has 1 aromatic rings. The molecule has 0 unspecified atom stereocenters. The lowest BCUT2D eigenvalue weighted by Gasteiger charge is -2.21. The Kier molecular flexibility index (Phi) is 2.00. The molecule has 1 atom stereocenters. The van der Waals surface area contributed by atoms with E-state index in [1.54, 1.807) is 18.2 Å². The maximum absolute atomic E-state index is 11.6. The highest BCUT2D eigenvalue weighted by molar-refractivity contribution is 6.32. The Morgan fingerprint density at radius 3 is 3.08 bits per heavy atom. The van der Waals surface area contributed by atoms with Gasteiger partial charge in [0.15, 0.2) is 5.78 Å². The van der Waals surface area contributed by atoms with Crippen LogP contribution in [0.2, 0.25) is 5.02 Å². The monoisotopic (exact) mass is 196 g/mol. The van der Waals surface area contributed by atoms with Crippen molar-refractivity contribution in [2.45, 2.75) is 6.92 Å². The molecule has 0 bridgehead atoms. The molecule has 68 valence electrons. The second-order valence-corrected chi connectivity index (χ2v) is 3.60. The van der Waals surface area contributed by atoms with Crippen LogP contribution < -0.4 is 4.74 Å². The summed E-state index contributed by atoms with van der Waals surface area (Å²) in [5.74, 6) is 0.585. The molecular weight excluding hydrogens is 188 g/mol. The fraction of sp³-hybridized carbons (Fsp3) is 0.300. The number of para-hydroxylation sites is 1. The minimum absolute atomic E-state index is 0.0639. The molecule has 2 nitrogen and oxygen atoms in total. The molecule has 1 heterocycles. The molecule has 0 spiro atoms. The summed E-state index contributed by atoms with van der Waals surface area (Å²) in [6.45, 7) is 2.28. The van der Waals surface area contributed by atoms with Crippen LogP contribution in [0.3, 0.4) is 0 Å². The predicted octanol–water partition coefficient (Wildman–Crippen LogP) is 2.55. The Hall–Kier alpha value is -1.02. The molecule has 0 radical (unpaired) electrons. The van der Waals surface area contributed by atoms with Crippen molar-refractivity contribution in [3.8, 4) is 5.75 Å². The van der Waals surface area contributed by atoms with E-state index in [0.29, 0.717) is 22.9 Å². The second kappa shape index (κ2) is 3.04. The highest BCUT2D eigenvalue weighted by Crippen LogP contribution is 2.33. The van der Waals surface area contributed by atoms with Crippen LogP contribution in [0.5, 0.6) is 5.75 Å². The summed E-state index contributed by atoms with van der Waals surface area (Å²) >= 11 is 5.88. The van der Waals surface area contributed by atoms with E-state index in [4.69, 9.17) is 16.3 Å². The van der Waals surface area contributed by atoms with Crippen molar-refractivity contribution in [2.24, 2.45) is 5.92 Å². The van der Waals surface area contributed by atoms with Crippen molar-refractivity contribution in [2.75, 3.05) is 6.61 Å². The van der Waals surface area contributed by atoms with Gasteiger partial charge in [-0.3, -0.25) is 4.79 Å². The third-order valence-electron chi connectivity index (χ3n) is 2.16. The Morgan fingerprint density at radius 1 is 1.54 bits per heavy atom. The Morgan fingerprint density at radius 2 is 2.31 bits per heavy atom. The molecule has 2 rings (SSSR count). The smallest absolute Gasteiger partial charge is 0.172 e. The molecule has 0 fully saturated rings. The molecule has 1 aromatic carbocycles. The standard InChI is InChI=1S/C10H9ClO2/c1-6-5-13-10-7(9(6)12)3-2-4-8(10)11/h2-4,6H,5H2,1H3/t6-/m1/s1. The molecular formula is C10H9ClO2. The van der Waals surface area contributed by atoms with Crippen molar-refractivity contribution >= 4 is 17.4 Å². The first-order chi connectivity index (χ1) is 6.20. The lowest BCUT2D eigenvalue weighted by atomic mass is 9.97. The quantitative estimate of drug-likeness (QED) is 0.638. The Bertz CT molecular complexity index is 360. The molecule has 1 aliphatic heterocycles.